The Bertz CT molecular complexity index is 1010. The summed E-state index contributed by atoms with van der Waals surface area (Å²) in [5.74, 6) is 4.96. The van der Waals surface area contributed by atoms with Gasteiger partial charge >= 0.3 is 35.0 Å². The van der Waals surface area contributed by atoms with Crippen molar-refractivity contribution in [2.75, 3.05) is 38.0 Å². The van der Waals surface area contributed by atoms with Crippen molar-refractivity contribution >= 4 is 46.3 Å². The van der Waals surface area contributed by atoms with Gasteiger partial charge < -0.3 is 9.80 Å². The van der Waals surface area contributed by atoms with Gasteiger partial charge in [0.05, 0.1) is 0 Å². The van der Waals surface area contributed by atoms with Gasteiger partial charge in [-0.25, -0.2) is 0 Å². The zero-order valence-corrected chi connectivity index (χ0v) is 36.1. The third-order valence-corrected chi connectivity index (χ3v) is 13.8. The maximum absolute atomic E-state index is 4.81. The third kappa shape index (κ3) is 18.7. The number of hydrogen-bond acceptors (Lipinski definition) is 2. The standard InChI is InChI=1S/2C19H32NP.2ClH.Pd/c2*1-18(2,3)21(19(4,5)6)15-9-10-16-11-13-17(14-12-16)20(7)8;;;/h2*9,11-15H,10H2,1-8H3;2*1H;/q;;;;+2/p-2. The molecule has 0 bridgehead atoms. The molecule has 0 unspecified atom stereocenters. The third-order valence-electron chi connectivity index (χ3n) is 7.01. The van der Waals surface area contributed by atoms with Crippen LogP contribution < -0.4 is 9.80 Å². The Morgan fingerprint density at radius 1 is 0.511 bits per heavy atom. The van der Waals surface area contributed by atoms with E-state index in [1.54, 1.807) is 0 Å². The van der Waals surface area contributed by atoms with Crippen molar-refractivity contribution in [1.82, 2.24) is 0 Å². The molecule has 0 aliphatic carbocycles. The predicted octanol–water partition coefficient (Wildman–Crippen LogP) is 13.2. The fourth-order valence-corrected chi connectivity index (χ4v) is 11.8. The number of allylic oxidation sites excluding steroid dienone is 2. The molecule has 0 radical (unpaired) electrons. The quantitative estimate of drug-likeness (QED) is 0.194. The number of hydrogen-bond donors (Lipinski definition) is 0. The zero-order valence-electron chi connectivity index (χ0n) is 31.2. The summed E-state index contributed by atoms with van der Waals surface area (Å²) in [5, 5.41) is 1.44. The van der Waals surface area contributed by atoms with Crippen LogP contribution in [-0.2, 0) is 28.8 Å². The average Bonchev–Trinajstić information content (AvgIpc) is 2.87. The topological polar surface area (TPSA) is 6.48 Å². The number of benzene rings is 2. The van der Waals surface area contributed by atoms with Crippen LogP contribution in [0.15, 0.2) is 72.3 Å². The Morgan fingerprint density at radius 2 is 0.733 bits per heavy atom. The molecule has 2 nitrogen and oxygen atoms in total. The predicted molar refractivity (Wildman–Crippen MR) is 212 cm³/mol. The molecule has 0 amide bonds. The van der Waals surface area contributed by atoms with Gasteiger partial charge in [-0.05, 0) is 68.9 Å². The molecule has 0 aliphatic heterocycles. The second-order valence-corrected chi connectivity index (χ2v) is 25.6. The van der Waals surface area contributed by atoms with Crippen LogP contribution in [-0.4, -0.2) is 48.8 Å². The number of anilines is 2. The van der Waals surface area contributed by atoms with E-state index in [0.29, 0.717) is 20.6 Å². The minimum atomic E-state index is -0.144. The fourth-order valence-electron chi connectivity index (χ4n) is 5.36. The molecular formula is C38H64Cl2N2P2Pd. The first-order valence-electron chi connectivity index (χ1n) is 15.7. The fraction of sp³-hybridized carbons (Fsp3) is 0.579. The van der Waals surface area contributed by atoms with E-state index in [4.69, 9.17) is 19.1 Å². The van der Waals surface area contributed by atoms with E-state index in [0.717, 1.165) is 12.8 Å². The van der Waals surface area contributed by atoms with Crippen LogP contribution in [0.3, 0.4) is 0 Å². The molecule has 0 saturated heterocycles. The van der Waals surface area contributed by atoms with Crippen LogP contribution in [0, 0.1) is 0 Å². The van der Waals surface area contributed by atoms with Crippen molar-refractivity contribution in [2.24, 2.45) is 0 Å². The van der Waals surface area contributed by atoms with Gasteiger partial charge in [-0.2, -0.15) is 0 Å². The molecule has 2 aromatic rings. The van der Waals surface area contributed by atoms with Crippen molar-refractivity contribution in [3.05, 3.63) is 83.4 Å². The second kappa shape index (κ2) is 20.2. The zero-order chi connectivity index (χ0) is 35.2. The molecule has 0 aliphatic rings. The first-order chi connectivity index (χ1) is 20.4. The summed E-state index contributed by atoms with van der Waals surface area (Å²) in [4.78, 5) is 4.27. The molecule has 260 valence electrons. The van der Waals surface area contributed by atoms with Gasteiger partial charge in [-0.3, -0.25) is 0 Å². The van der Waals surface area contributed by atoms with Crippen LogP contribution in [0.5, 0.6) is 0 Å². The molecule has 0 atom stereocenters. The Labute approximate surface area is 298 Å². The number of nitrogens with zero attached hydrogens (tertiary/aromatic N) is 2. The Kier molecular flexibility index (Phi) is 20.0. The summed E-state index contributed by atoms with van der Waals surface area (Å²) in [5.41, 5.74) is 5.29. The normalized spacial score (nSPS) is 12.8. The number of rotatable bonds is 8. The summed E-state index contributed by atoms with van der Waals surface area (Å²) < 4.78 is 0. The van der Waals surface area contributed by atoms with Crippen LogP contribution >= 0.6 is 34.9 Å². The summed E-state index contributed by atoms with van der Waals surface area (Å²) in [6, 6.07) is 17.7. The van der Waals surface area contributed by atoms with Gasteiger partial charge in [0.1, 0.15) is 0 Å². The molecule has 2 rings (SSSR count). The summed E-state index contributed by atoms with van der Waals surface area (Å²) >= 11 is -0.106. The van der Waals surface area contributed by atoms with Crippen LogP contribution in [0.4, 0.5) is 11.4 Å². The molecular weight excluding hydrogens is 724 g/mol. The van der Waals surface area contributed by atoms with Gasteiger partial charge in [-0.1, -0.05) is 147 Å². The summed E-state index contributed by atoms with van der Waals surface area (Å²) in [6.07, 6.45) is 6.79. The SMILES string of the molecule is CN(C)c1ccc(CC=CP(C(C)(C)C)C(C)(C)C)cc1.CN(C)c1ccc(CC=CP(C(C)(C)C)C(C)(C)C)cc1.[Cl][Pd][Cl]. The van der Waals surface area contributed by atoms with Gasteiger partial charge in [0.25, 0.3) is 0 Å². The van der Waals surface area contributed by atoms with E-state index in [2.05, 4.69) is 193 Å². The Morgan fingerprint density at radius 3 is 0.911 bits per heavy atom. The van der Waals surface area contributed by atoms with Gasteiger partial charge in [0.2, 0.25) is 0 Å². The van der Waals surface area contributed by atoms with Crippen LogP contribution in [0.25, 0.3) is 0 Å². The van der Waals surface area contributed by atoms with Gasteiger partial charge in [-0.15, -0.1) is 0 Å². The molecule has 0 heterocycles. The second-order valence-electron chi connectivity index (χ2n) is 15.8. The van der Waals surface area contributed by atoms with Gasteiger partial charge in [0.15, 0.2) is 0 Å². The van der Waals surface area contributed by atoms with E-state index < -0.39 is 0 Å². The molecule has 0 aromatic heterocycles. The van der Waals surface area contributed by atoms with Crippen molar-refractivity contribution in [1.29, 1.82) is 0 Å². The molecule has 2 aromatic carbocycles. The van der Waals surface area contributed by atoms with E-state index in [-0.39, 0.29) is 31.8 Å². The van der Waals surface area contributed by atoms with Crippen molar-refractivity contribution in [3.8, 4) is 0 Å². The van der Waals surface area contributed by atoms with Crippen LogP contribution in [0.2, 0.25) is 0 Å². The molecule has 7 heteroatoms. The average molecular weight is 788 g/mol. The molecule has 45 heavy (non-hydrogen) atoms. The molecule has 0 N–H and O–H groups in total. The number of halogens is 2. The Balaban J connectivity index is 0.000000791. The first-order valence-corrected chi connectivity index (χ1v) is 22.5. The minimum absolute atomic E-state index is 0.106. The molecule has 0 fully saturated rings. The molecule has 0 spiro atoms. The van der Waals surface area contributed by atoms with E-state index in [9.17, 15) is 0 Å². The Hall–Kier alpha value is -0.378. The van der Waals surface area contributed by atoms with E-state index >= 15 is 0 Å². The van der Waals surface area contributed by atoms with Gasteiger partial charge in [0, 0.05) is 39.6 Å². The first kappa shape index (κ1) is 44.6. The van der Waals surface area contributed by atoms with Crippen molar-refractivity contribution in [2.45, 2.75) is 117 Å². The van der Waals surface area contributed by atoms with Crippen molar-refractivity contribution in [3.63, 3.8) is 0 Å². The summed E-state index contributed by atoms with van der Waals surface area (Å²) in [7, 11) is 17.7. The molecule has 0 saturated carbocycles. The summed E-state index contributed by atoms with van der Waals surface area (Å²) in [6.45, 7) is 28.3. The van der Waals surface area contributed by atoms with E-state index in [1.165, 1.54) is 22.5 Å². The van der Waals surface area contributed by atoms with E-state index in [1.807, 2.05) is 0 Å². The van der Waals surface area contributed by atoms with Crippen LogP contribution in [0.1, 0.15) is 94.2 Å². The maximum atomic E-state index is 4.81. The monoisotopic (exact) mass is 786 g/mol. The van der Waals surface area contributed by atoms with Crippen molar-refractivity contribution < 1.29 is 15.9 Å².